The van der Waals surface area contributed by atoms with E-state index in [4.69, 9.17) is 0 Å². The van der Waals surface area contributed by atoms with Crippen molar-refractivity contribution in [2.24, 2.45) is 23.7 Å². The molecule has 1 N–H and O–H groups in total. The zero-order valence-electron chi connectivity index (χ0n) is 14.0. The van der Waals surface area contributed by atoms with Crippen molar-refractivity contribution in [2.45, 2.75) is 84.0 Å². The lowest BCUT2D eigenvalue weighted by Gasteiger charge is -2.38. The minimum absolute atomic E-state index is 0.974. The Balaban J connectivity index is 1.62. The summed E-state index contributed by atoms with van der Waals surface area (Å²) in [5.41, 5.74) is 0. The maximum absolute atomic E-state index is 3.36. The van der Waals surface area contributed by atoms with Gasteiger partial charge in [-0.1, -0.05) is 45.4 Å². The summed E-state index contributed by atoms with van der Waals surface area (Å²) in [6, 6.07) is 0. The summed E-state index contributed by atoms with van der Waals surface area (Å²) in [6.07, 6.45) is 18.1. The molecule has 1 nitrogen and oxygen atoms in total. The largest absolute Gasteiger partial charge is 0.319 e. The van der Waals surface area contributed by atoms with Gasteiger partial charge in [0.2, 0.25) is 0 Å². The third-order valence-corrected chi connectivity index (χ3v) is 6.16. The number of hydrogen-bond donors (Lipinski definition) is 1. The Kier molecular flexibility index (Phi) is 7.41. The Morgan fingerprint density at radius 2 is 1.30 bits per heavy atom. The molecule has 0 saturated heterocycles. The van der Waals surface area contributed by atoms with E-state index >= 15 is 0 Å². The monoisotopic (exact) mass is 279 g/mol. The second-order valence-electron chi connectivity index (χ2n) is 7.62. The molecule has 0 amide bonds. The average Bonchev–Trinajstić information content (AvgIpc) is 2.49. The van der Waals surface area contributed by atoms with Gasteiger partial charge in [0.15, 0.2) is 0 Å². The van der Waals surface area contributed by atoms with Crippen LogP contribution in [-0.2, 0) is 0 Å². The van der Waals surface area contributed by atoms with Crippen molar-refractivity contribution >= 4 is 0 Å². The number of hydrogen-bond acceptors (Lipinski definition) is 1. The van der Waals surface area contributed by atoms with Crippen molar-refractivity contribution in [1.29, 1.82) is 0 Å². The van der Waals surface area contributed by atoms with Gasteiger partial charge in [-0.2, -0.15) is 0 Å². The van der Waals surface area contributed by atoms with Crippen molar-refractivity contribution in [1.82, 2.24) is 5.32 Å². The van der Waals surface area contributed by atoms with Gasteiger partial charge in [-0.05, 0) is 75.8 Å². The molecule has 1 heteroatoms. The zero-order chi connectivity index (χ0) is 14.2. The van der Waals surface area contributed by atoms with Crippen LogP contribution in [0.15, 0.2) is 0 Å². The summed E-state index contributed by atoms with van der Waals surface area (Å²) >= 11 is 0. The van der Waals surface area contributed by atoms with Crippen LogP contribution in [0.2, 0.25) is 0 Å². The van der Waals surface area contributed by atoms with E-state index in [1.54, 1.807) is 25.7 Å². The SMILES string of the molecule is CCCCCC1CCC(C2CCC(CNC)CC2)CC1. The standard InChI is InChI=1S/C19H37N/c1-3-4-5-6-16-7-11-18(12-8-16)19-13-9-17(10-14-19)15-20-2/h16-20H,3-15H2,1-2H3. The van der Waals surface area contributed by atoms with Gasteiger partial charge in [-0.3, -0.25) is 0 Å². The molecule has 0 atom stereocenters. The molecule has 0 radical (unpaired) electrons. The molecule has 0 aromatic rings. The Hall–Kier alpha value is -0.0400. The second-order valence-corrected chi connectivity index (χ2v) is 7.62. The van der Waals surface area contributed by atoms with E-state index in [0.717, 1.165) is 23.7 Å². The van der Waals surface area contributed by atoms with Gasteiger partial charge in [0, 0.05) is 0 Å². The van der Waals surface area contributed by atoms with Crippen LogP contribution < -0.4 is 5.32 Å². The maximum Gasteiger partial charge on any atom is -0.00235 e. The van der Waals surface area contributed by atoms with Crippen LogP contribution in [0.5, 0.6) is 0 Å². The van der Waals surface area contributed by atoms with E-state index < -0.39 is 0 Å². The topological polar surface area (TPSA) is 12.0 Å². The second kappa shape index (κ2) is 9.07. The Bertz CT molecular complexity index is 234. The van der Waals surface area contributed by atoms with Gasteiger partial charge in [0.05, 0.1) is 0 Å². The molecule has 2 aliphatic rings. The fourth-order valence-electron chi connectivity index (χ4n) is 4.78. The maximum atomic E-state index is 3.36. The van der Waals surface area contributed by atoms with Gasteiger partial charge in [0.25, 0.3) is 0 Å². The number of nitrogens with one attached hydrogen (secondary N) is 1. The molecule has 0 aliphatic heterocycles. The van der Waals surface area contributed by atoms with E-state index in [0.29, 0.717) is 0 Å². The highest BCUT2D eigenvalue weighted by Crippen LogP contribution is 2.42. The van der Waals surface area contributed by atoms with Crippen LogP contribution in [0.1, 0.15) is 84.0 Å². The molecular weight excluding hydrogens is 242 g/mol. The van der Waals surface area contributed by atoms with Crippen LogP contribution in [0, 0.1) is 23.7 Å². The predicted octanol–water partition coefficient (Wildman–Crippen LogP) is 5.40. The first kappa shape index (κ1) is 16.3. The van der Waals surface area contributed by atoms with Gasteiger partial charge in [-0.25, -0.2) is 0 Å². The first-order valence-corrected chi connectivity index (χ1v) is 9.48. The molecule has 0 spiro atoms. The molecule has 2 fully saturated rings. The summed E-state index contributed by atoms with van der Waals surface area (Å²) in [6.45, 7) is 3.57. The minimum atomic E-state index is 0.974. The van der Waals surface area contributed by atoms with Crippen LogP contribution in [0.4, 0.5) is 0 Å². The average molecular weight is 280 g/mol. The van der Waals surface area contributed by atoms with E-state index in [-0.39, 0.29) is 0 Å². The summed E-state index contributed by atoms with van der Waals surface area (Å²) < 4.78 is 0. The lowest BCUT2D eigenvalue weighted by molar-refractivity contribution is 0.142. The number of rotatable bonds is 7. The fourth-order valence-corrected chi connectivity index (χ4v) is 4.78. The molecule has 0 aromatic heterocycles. The molecule has 0 heterocycles. The summed E-state index contributed by atoms with van der Waals surface area (Å²) in [4.78, 5) is 0. The molecule has 2 saturated carbocycles. The van der Waals surface area contributed by atoms with Gasteiger partial charge >= 0.3 is 0 Å². The van der Waals surface area contributed by atoms with E-state index in [9.17, 15) is 0 Å². The van der Waals surface area contributed by atoms with Crippen LogP contribution in [0.25, 0.3) is 0 Å². The summed E-state index contributed by atoms with van der Waals surface area (Å²) in [5, 5.41) is 3.36. The Morgan fingerprint density at radius 1 is 0.750 bits per heavy atom. The van der Waals surface area contributed by atoms with Crippen molar-refractivity contribution < 1.29 is 0 Å². The lowest BCUT2D eigenvalue weighted by atomic mass is 9.68. The predicted molar refractivity (Wildman–Crippen MR) is 89.0 cm³/mol. The molecule has 0 bridgehead atoms. The zero-order valence-corrected chi connectivity index (χ0v) is 14.0. The van der Waals surface area contributed by atoms with Crippen molar-refractivity contribution in [3.63, 3.8) is 0 Å². The smallest absolute Gasteiger partial charge is 0.00235 e. The first-order valence-electron chi connectivity index (χ1n) is 9.48. The summed E-state index contributed by atoms with van der Waals surface area (Å²) in [7, 11) is 2.10. The van der Waals surface area contributed by atoms with Gasteiger partial charge in [-0.15, -0.1) is 0 Å². The van der Waals surface area contributed by atoms with Crippen LogP contribution in [-0.4, -0.2) is 13.6 Å². The van der Waals surface area contributed by atoms with Crippen LogP contribution in [0.3, 0.4) is 0 Å². The van der Waals surface area contributed by atoms with E-state index in [1.165, 1.54) is 57.9 Å². The summed E-state index contributed by atoms with van der Waals surface area (Å²) in [5.74, 6) is 4.23. The van der Waals surface area contributed by atoms with Gasteiger partial charge < -0.3 is 5.32 Å². The normalized spacial score (nSPS) is 35.1. The van der Waals surface area contributed by atoms with Gasteiger partial charge in [0.1, 0.15) is 0 Å². The molecular formula is C19H37N. The molecule has 2 aliphatic carbocycles. The Morgan fingerprint density at radius 3 is 1.80 bits per heavy atom. The van der Waals surface area contributed by atoms with Crippen LogP contribution >= 0.6 is 0 Å². The van der Waals surface area contributed by atoms with Crippen molar-refractivity contribution in [3.8, 4) is 0 Å². The molecule has 118 valence electrons. The highest BCUT2D eigenvalue weighted by Gasteiger charge is 2.30. The third kappa shape index (κ3) is 5.06. The molecule has 0 aromatic carbocycles. The highest BCUT2D eigenvalue weighted by molar-refractivity contribution is 4.82. The highest BCUT2D eigenvalue weighted by atomic mass is 14.8. The van der Waals surface area contributed by atoms with E-state index in [1.807, 2.05) is 0 Å². The molecule has 20 heavy (non-hydrogen) atoms. The minimum Gasteiger partial charge on any atom is -0.319 e. The molecule has 0 unspecified atom stereocenters. The first-order chi connectivity index (χ1) is 9.83. The number of unbranched alkanes of at least 4 members (excludes halogenated alkanes) is 2. The van der Waals surface area contributed by atoms with Crippen molar-refractivity contribution in [2.75, 3.05) is 13.6 Å². The van der Waals surface area contributed by atoms with E-state index in [2.05, 4.69) is 19.3 Å². The quantitative estimate of drug-likeness (QED) is 0.615. The lowest BCUT2D eigenvalue weighted by Crippen LogP contribution is -2.29. The van der Waals surface area contributed by atoms with Crippen molar-refractivity contribution in [3.05, 3.63) is 0 Å². The Labute approximate surface area is 127 Å². The fraction of sp³-hybridized carbons (Fsp3) is 1.00. The third-order valence-electron chi connectivity index (χ3n) is 6.16. The molecule has 2 rings (SSSR count).